The van der Waals surface area contributed by atoms with E-state index >= 15 is 0 Å². The van der Waals surface area contributed by atoms with Crippen molar-refractivity contribution in [1.29, 1.82) is 0 Å². The first-order chi connectivity index (χ1) is 15.7. The van der Waals surface area contributed by atoms with Crippen LogP contribution >= 0.6 is 11.8 Å². The highest BCUT2D eigenvalue weighted by Gasteiger charge is 2.30. The number of hydrogen-bond acceptors (Lipinski definition) is 6. The number of fused-ring (bicyclic) bond motifs is 1. The van der Waals surface area contributed by atoms with Crippen LogP contribution in [-0.4, -0.2) is 39.6 Å². The third-order valence-electron chi connectivity index (χ3n) is 5.32. The number of nitrogens with one attached hydrogen (secondary N) is 1. The van der Waals surface area contributed by atoms with Gasteiger partial charge in [-0.05, 0) is 48.7 Å². The molecule has 1 N–H and O–H groups in total. The van der Waals surface area contributed by atoms with Crippen molar-refractivity contribution in [2.24, 2.45) is 0 Å². The van der Waals surface area contributed by atoms with Crippen molar-refractivity contribution in [3.05, 3.63) is 53.8 Å². The molecule has 0 saturated heterocycles. The average molecular weight is 455 g/mol. The predicted octanol–water partition coefficient (Wildman–Crippen LogP) is 3.99. The molecule has 2 heterocycles. The van der Waals surface area contributed by atoms with Gasteiger partial charge in [-0.25, -0.2) is 4.39 Å². The molecule has 7 nitrogen and oxygen atoms in total. The van der Waals surface area contributed by atoms with E-state index in [1.807, 2.05) is 18.2 Å². The number of thioether (sulfide) groups is 1. The van der Waals surface area contributed by atoms with Crippen LogP contribution in [0, 0.1) is 5.82 Å². The molecule has 1 aromatic heterocycles. The molecule has 1 aliphatic heterocycles. The number of amides is 1. The highest BCUT2D eigenvalue weighted by Crippen LogP contribution is 2.42. The monoisotopic (exact) mass is 454 g/mol. The number of rotatable bonds is 7. The number of aromatic nitrogens is 3. The number of halogens is 1. The molecule has 1 aliphatic carbocycles. The van der Waals surface area contributed by atoms with E-state index in [0.717, 1.165) is 52.9 Å². The maximum atomic E-state index is 13.0. The number of carbonyl (C=O) groups is 1. The van der Waals surface area contributed by atoms with Crippen LogP contribution in [0.1, 0.15) is 30.9 Å². The molecular formula is C23H23FN4O3S. The molecule has 1 fully saturated rings. The Kier molecular flexibility index (Phi) is 5.98. The zero-order valence-electron chi connectivity index (χ0n) is 17.4. The van der Waals surface area contributed by atoms with E-state index in [1.165, 1.54) is 23.9 Å². The second-order valence-electron chi connectivity index (χ2n) is 7.81. The molecule has 1 amide bonds. The topological polar surface area (TPSA) is 78.3 Å². The van der Waals surface area contributed by atoms with Gasteiger partial charge in [0.1, 0.15) is 5.82 Å². The van der Waals surface area contributed by atoms with E-state index in [0.29, 0.717) is 25.8 Å². The molecule has 0 atom stereocenters. The summed E-state index contributed by atoms with van der Waals surface area (Å²) in [6.07, 6.45) is 2.99. The van der Waals surface area contributed by atoms with Crippen LogP contribution in [-0.2, 0) is 11.3 Å². The zero-order valence-corrected chi connectivity index (χ0v) is 18.2. The third kappa shape index (κ3) is 4.72. The molecule has 32 heavy (non-hydrogen) atoms. The average Bonchev–Trinajstić information content (AvgIpc) is 3.60. The summed E-state index contributed by atoms with van der Waals surface area (Å²) in [6.45, 7) is 1.63. The Morgan fingerprint density at radius 2 is 1.88 bits per heavy atom. The van der Waals surface area contributed by atoms with Crippen molar-refractivity contribution in [3.8, 4) is 22.9 Å². The lowest BCUT2D eigenvalue weighted by Gasteiger charge is -2.11. The van der Waals surface area contributed by atoms with Gasteiger partial charge in [0.25, 0.3) is 0 Å². The van der Waals surface area contributed by atoms with E-state index < -0.39 is 0 Å². The molecular weight excluding hydrogens is 431 g/mol. The summed E-state index contributed by atoms with van der Waals surface area (Å²) >= 11 is 1.37. The molecule has 1 saturated carbocycles. The maximum Gasteiger partial charge on any atom is 0.230 e. The maximum absolute atomic E-state index is 13.0. The first-order valence-corrected chi connectivity index (χ1v) is 11.6. The minimum Gasteiger partial charge on any atom is -0.490 e. The van der Waals surface area contributed by atoms with Gasteiger partial charge in [0.05, 0.1) is 19.0 Å². The van der Waals surface area contributed by atoms with Crippen LogP contribution in [0.15, 0.2) is 47.6 Å². The van der Waals surface area contributed by atoms with Crippen LogP contribution in [0.2, 0.25) is 0 Å². The Hall–Kier alpha value is -3.07. The molecule has 5 rings (SSSR count). The molecule has 9 heteroatoms. The second kappa shape index (κ2) is 9.20. The van der Waals surface area contributed by atoms with Crippen LogP contribution < -0.4 is 14.8 Å². The molecule has 0 unspecified atom stereocenters. The van der Waals surface area contributed by atoms with Gasteiger partial charge in [-0.15, -0.1) is 10.2 Å². The molecule has 0 bridgehead atoms. The highest BCUT2D eigenvalue weighted by molar-refractivity contribution is 7.99. The van der Waals surface area contributed by atoms with Gasteiger partial charge in [0.15, 0.2) is 22.5 Å². The van der Waals surface area contributed by atoms with Crippen LogP contribution in [0.5, 0.6) is 11.5 Å². The Bertz CT molecular complexity index is 1110. The Labute approximate surface area is 189 Å². The highest BCUT2D eigenvalue weighted by atomic mass is 32.2. The summed E-state index contributed by atoms with van der Waals surface area (Å²) in [5.41, 5.74) is 1.77. The molecule has 0 radical (unpaired) electrons. The number of benzene rings is 2. The Morgan fingerprint density at radius 1 is 1.09 bits per heavy atom. The van der Waals surface area contributed by atoms with Gasteiger partial charge >= 0.3 is 0 Å². The first kappa shape index (κ1) is 20.8. The van der Waals surface area contributed by atoms with Gasteiger partial charge in [-0.2, -0.15) is 0 Å². The van der Waals surface area contributed by atoms with Crippen molar-refractivity contribution >= 4 is 17.7 Å². The standard InChI is InChI=1S/C23H23FN4O3S/c24-17-5-2-15(3-6-17)13-25-21(29)14-32-23-27-26-22(28(23)18-7-8-18)16-4-9-19-20(12-16)31-11-1-10-30-19/h2-6,9,12,18H,1,7-8,10-11,13-14H2,(H,25,29). The normalized spacial score (nSPS) is 15.3. The lowest BCUT2D eigenvalue weighted by atomic mass is 10.2. The molecule has 2 aromatic carbocycles. The van der Waals surface area contributed by atoms with E-state index in [1.54, 1.807) is 12.1 Å². The summed E-state index contributed by atoms with van der Waals surface area (Å²) in [5.74, 6) is 2.07. The van der Waals surface area contributed by atoms with Crippen molar-refractivity contribution < 1.29 is 18.7 Å². The lowest BCUT2D eigenvalue weighted by molar-refractivity contribution is -0.118. The third-order valence-corrected chi connectivity index (χ3v) is 6.26. The molecule has 3 aromatic rings. The predicted molar refractivity (Wildman–Crippen MR) is 118 cm³/mol. The van der Waals surface area contributed by atoms with E-state index in [9.17, 15) is 9.18 Å². The zero-order chi connectivity index (χ0) is 21.9. The van der Waals surface area contributed by atoms with Crippen LogP contribution in [0.3, 0.4) is 0 Å². The Morgan fingerprint density at radius 3 is 2.66 bits per heavy atom. The summed E-state index contributed by atoms with van der Waals surface area (Å²) in [4.78, 5) is 12.3. The smallest absolute Gasteiger partial charge is 0.230 e. The fourth-order valence-electron chi connectivity index (χ4n) is 3.52. The van der Waals surface area contributed by atoms with E-state index in [-0.39, 0.29) is 17.5 Å². The van der Waals surface area contributed by atoms with Gasteiger partial charge in [0, 0.05) is 24.6 Å². The summed E-state index contributed by atoms with van der Waals surface area (Å²) in [6, 6.07) is 12.3. The molecule has 0 spiro atoms. The number of hydrogen-bond donors (Lipinski definition) is 1. The second-order valence-corrected chi connectivity index (χ2v) is 8.75. The summed E-state index contributed by atoms with van der Waals surface area (Å²) < 4.78 is 26.7. The Balaban J connectivity index is 1.27. The molecule has 2 aliphatic rings. The van der Waals surface area contributed by atoms with Crippen molar-refractivity contribution in [2.45, 2.75) is 37.0 Å². The largest absolute Gasteiger partial charge is 0.490 e. The SMILES string of the molecule is O=C(CSc1nnc(-c2ccc3c(c2)OCCCO3)n1C1CC1)NCc1ccc(F)cc1. The summed E-state index contributed by atoms with van der Waals surface area (Å²) in [5, 5.41) is 12.4. The van der Waals surface area contributed by atoms with Gasteiger partial charge < -0.3 is 14.8 Å². The van der Waals surface area contributed by atoms with Crippen molar-refractivity contribution in [2.75, 3.05) is 19.0 Å². The van der Waals surface area contributed by atoms with Crippen LogP contribution in [0.25, 0.3) is 11.4 Å². The minimum atomic E-state index is -0.292. The number of ether oxygens (including phenoxy) is 2. The summed E-state index contributed by atoms with van der Waals surface area (Å²) in [7, 11) is 0. The first-order valence-electron chi connectivity index (χ1n) is 10.7. The fourth-order valence-corrected chi connectivity index (χ4v) is 4.36. The molecule has 166 valence electrons. The van der Waals surface area contributed by atoms with E-state index in [4.69, 9.17) is 9.47 Å². The van der Waals surface area contributed by atoms with Crippen molar-refractivity contribution in [1.82, 2.24) is 20.1 Å². The quantitative estimate of drug-likeness (QED) is 0.544. The number of nitrogens with zero attached hydrogens (tertiary/aromatic N) is 3. The van der Waals surface area contributed by atoms with Crippen molar-refractivity contribution in [3.63, 3.8) is 0 Å². The van der Waals surface area contributed by atoms with Gasteiger partial charge in [0.2, 0.25) is 5.91 Å². The fraction of sp³-hybridized carbons (Fsp3) is 0.348. The minimum absolute atomic E-state index is 0.109. The van der Waals surface area contributed by atoms with Gasteiger partial charge in [-0.3, -0.25) is 9.36 Å². The van der Waals surface area contributed by atoms with E-state index in [2.05, 4.69) is 20.1 Å². The number of carbonyl (C=O) groups excluding carboxylic acids is 1. The van der Waals surface area contributed by atoms with Gasteiger partial charge in [-0.1, -0.05) is 23.9 Å². The lowest BCUT2D eigenvalue weighted by Crippen LogP contribution is -2.24. The van der Waals surface area contributed by atoms with Crippen LogP contribution in [0.4, 0.5) is 4.39 Å².